The van der Waals surface area contributed by atoms with Gasteiger partial charge >= 0.3 is 0 Å². The van der Waals surface area contributed by atoms with Crippen LogP contribution in [-0.4, -0.2) is 0 Å². The summed E-state index contributed by atoms with van der Waals surface area (Å²) in [6.07, 6.45) is 12.1. The summed E-state index contributed by atoms with van der Waals surface area (Å²) in [7, 11) is 0. The fourth-order valence-corrected chi connectivity index (χ4v) is 0.750. The van der Waals surface area contributed by atoms with Crippen LogP contribution < -0.4 is 0 Å². The quantitative estimate of drug-likeness (QED) is 0.406. The summed E-state index contributed by atoms with van der Waals surface area (Å²) in [5.74, 6) is 0. The fourth-order valence-electron chi connectivity index (χ4n) is 0.750. The molecule has 0 aromatic rings. The van der Waals surface area contributed by atoms with E-state index in [1.54, 1.807) is 0 Å². The first-order valence-electron chi connectivity index (χ1n) is 5.50. The SMILES string of the molecule is C.C[C-]=C(C)C(C)=[C-]C.C[C-]=C(C)C(C)=[C-]C.[Y].[Y]. The molecule has 0 saturated heterocycles. The summed E-state index contributed by atoms with van der Waals surface area (Å²) < 4.78 is 0. The van der Waals surface area contributed by atoms with Gasteiger partial charge in [-0.25, -0.2) is 0 Å². The Morgan fingerprint density at radius 1 is 0.474 bits per heavy atom. The van der Waals surface area contributed by atoms with E-state index in [0.717, 1.165) is 0 Å². The molecule has 2 heteroatoms. The van der Waals surface area contributed by atoms with Gasteiger partial charge in [0.2, 0.25) is 0 Å². The molecular formula is C17H28Y2-4. The third-order valence-electron chi connectivity index (χ3n) is 2.62. The van der Waals surface area contributed by atoms with Gasteiger partial charge in [0, 0.05) is 65.4 Å². The van der Waals surface area contributed by atoms with Gasteiger partial charge in [-0.2, -0.15) is 0 Å². The minimum atomic E-state index is 0. The average molecular weight is 410 g/mol. The molecule has 0 nitrogen and oxygen atoms in total. The van der Waals surface area contributed by atoms with Crippen LogP contribution in [0.1, 0.15) is 62.8 Å². The van der Waals surface area contributed by atoms with Crippen molar-refractivity contribution < 1.29 is 65.4 Å². The summed E-state index contributed by atoms with van der Waals surface area (Å²) in [4.78, 5) is 0. The molecule has 0 aliphatic carbocycles. The Balaban J connectivity index is -0.0000000594. The molecule has 0 amide bonds. The number of hydrogen-bond donors (Lipinski definition) is 0. The number of hydrogen-bond acceptors (Lipinski definition) is 0. The first-order chi connectivity index (χ1) is 7.44. The molecule has 106 valence electrons. The Bertz CT molecular complexity index is 241. The largest absolute Gasteiger partial charge is 0.376 e. The Morgan fingerprint density at radius 2 is 0.579 bits per heavy atom. The Labute approximate surface area is 173 Å². The van der Waals surface area contributed by atoms with Crippen molar-refractivity contribution in [2.45, 2.75) is 62.8 Å². The van der Waals surface area contributed by atoms with E-state index in [9.17, 15) is 0 Å². The van der Waals surface area contributed by atoms with Gasteiger partial charge in [-0.1, -0.05) is 7.43 Å². The molecule has 0 atom stereocenters. The van der Waals surface area contributed by atoms with Crippen molar-refractivity contribution in [3.8, 4) is 0 Å². The molecular weight excluding hydrogens is 382 g/mol. The molecule has 0 spiro atoms. The van der Waals surface area contributed by atoms with Crippen molar-refractivity contribution in [3.63, 3.8) is 0 Å². The maximum atomic E-state index is 3.03. The van der Waals surface area contributed by atoms with E-state index in [1.807, 2.05) is 55.4 Å². The minimum Gasteiger partial charge on any atom is -0.376 e. The Hall–Kier alpha value is 1.17. The molecule has 2 radical (unpaired) electrons. The van der Waals surface area contributed by atoms with Crippen molar-refractivity contribution in [2.75, 3.05) is 0 Å². The number of rotatable bonds is 2. The van der Waals surface area contributed by atoms with E-state index in [-0.39, 0.29) is 72.8 Å². The van der Waals surface area contributed by atoms with Crippen LogP contribution in [0.4, 0.5) is 0 Å². The van der Waals surface area contributed by atoms with E-state index in [1.165, 1.54) is 22.3 Å². The van der Waals surface area contributed by atoms with E-state index < -0.39 is 0 Å². The predicted molar refractivity (Wildman–Crippen MR) is 79.1 cm³/mol. The van der Waals surface area contributed by atoms with Crippen LogP contribution >= 0.6 is 0 Å². The average Bonchev–Trinajstić information content (AvgIpc) is 2.35. The normalized spacial score (nSPS) is 12.2. The predicted octanol–water partition coefficient (Wildman–Crippen LogP) is 5.68. The molecule has 19 heavy (non-hydrogen) atoms. The smallest absolute Gasteiger partial charge is 0 e. The van der Waals surface area contributed by atoms with Gasteiger partial charge in [0.25, 0.3) is 0 Å². The van der Waals surface area contributed by atoms with Crippen LogP contribution in [0.5, 0.6) is 0 Å². The standard InChI is InChI=1S/2C8H12.CH4.2Y/c2*1-5-7(3)8(4)6-2;;;/h2*1-4H3;1H4;;/q2*-2;;;. The van der Waals surface area contributed by atoms with E-state index in [2.05, 4.69) is 24.3 Å². The van der Waals surface area contributed by atoms with Gasteiger partial charge in [0.05, 0.1) is 0 Å². The zero-order valence-corrected chi connectivity index (χ0v) is 18.8. The van der Waals surface area contributed by atoms with Gasteiger partial charge in [0.1, 0.15) is 0 Å². The first-order valence-corrected chi connectivity index (χ1v) is 5.50. The Morgan fingerprint density at radius 3 is 0.632 bits per heavy atom. The summed E-state index contributed by atoms with van der Waals surface area (Å²) in [5, 5.41) is 0. The molecule has 0 heterocycles. The summed E-state index contributed by atoms with van der Waals surface area (Å²) in [5.41, 5.74) is 4.75. The molecule has 0 N–H and O–H groups in total. The molecule has 0 aromatic heterocycles. The van der Waals surface area contributed by atoms with Crippen molar-refractivity contribution in [1.82, 2.24) is 0 Å². The summed E-state index contributed by atoms with van der Waals surface area (Å²) in [6.45, 7) is 15.8. The van der Waals surface area contributed by atoms with Gasteiger partial charge in [-0.3, -0.25) is 0 Å². The minimum absolute atomic E-state index is 0. The van der Waals surface area contributed by atoms with Crippen molar-refractivity contribution in [1.29, 1.82) is 0 Å². The van der Waals surface area contributed by atoms with Gasteiger partial charge in [-0.05, 0) is 0 Å². The van der Waals surface area contributed by atoms with Crippen LogP contribution in [0.2, 0.25) is 0 Å². The van der Waals surface area contributed by atoms with Crippen LogP contribution in [-0.2, 0) is 65.4 Å². The van der Waals surface area contributed by atoms with E-state index in [0.29, 0.717) is 0 Å². The molecule has 0 saturated carbocycles. The van der Waals surface area contributed by atoms with E-state index >= 15 is 0 Å². The van der Waals surface area contributed by atoms with Gasteiger partial charge in [-0.15, -0.1) is 55.4 Å². The maximum Gasteiger partial charge on any atom is 0 e. The summed E-state index contributed by atoms with van der Waals surface area (Å²) >= 11 is 0. The third-order valence-corrected chi connectivity index (χ3v) is 2.62. The monoisotopic (exact) mass is 410 g/mol. The zero-order valence-electron chi connectivity index (χ0n) is 13.2. The molecule has 0 unspecified atom stereocenters. The molecule has 0 rings (SSSR count). The van der Waals surface area contributed by atoms with Crippen molar-refractivity contribution in [2.24, 2.45) is 0 Å². The molecule has 0 aliphatic rings. The Kier molecular flexibility index (Phi) is 36.4. The van der Waals surface area contributed by atoms with Gasteiger partial charge in [0.15, 0.2) is 0 Å². The van der Waals surface area contributed by atoms with Crippen molar-refractivity contribution in [3.05, 3.63) is 46.6 Å². The molecule has 0 fully saturated rings. The van der Waals surface area contributed by atoms with E-state index in [4.69, 9.17) is 0 Å². The molecule has 0 aliphatic heterocycles. The molecule has 0 aromatic carbocycles. The topological polar surface area (TPSA) is 0 Å². The maximum absolute atomic E-state index is 3.03. The second-order valence-electron chi connectivity index (χ2n) is 3.50. The first kappa shape index (κ1) is 32.2. The van der Waals surface area contributed by atoms with Crippen LogP contribution in [0, 0.1) is 24.3 Å². The van der Waals surface area contributed by atoms with Crippen molar-refractivity contribution >= 4 is 0 Å². The number of allylic oxidation sites excluding steroid dienone is 8. The van der Waals surface area contributed by atoms with Crippen LogP contribution in [0.25, 0.3) is 0 Å². The summed E-state index contributed by atoms with van der Waals surface area (Å²) in [6, 6.07) is 0. The zero-order chi connectivity index (χ0) is 13.1. The van der Waals surface area contributed by atoms with Crippen LogP contribution in [0.3, 0.4) is 0 Å². The fraction of sp³-hybridized carbons (Fsp3) is 0.529. The third kappa shape index (κ3) is 19.2. The second-order valence-corrected chi connectivity index (χ2v) is 3.50. The second kappa shape index (κ2) is 21.5. The van der Waals surface area contributed by atoms with Crippen LogP contribution in [0.15, 0.2) is 22.3 Å². The van der Waals surface area contributed by atoms with Gasteiger partial charge < -0.3 is 46.6 Å². The molecule has 0 bridgehead atoms.